The Balaban J connectivity index is 2.40. The van der Waals surface area contributed by atoms with Crippen molar-refractivity contribution in [3.05, 3.63) is 17.8 Å². The van der Waals surface area contributed by atoms with Gasteiger partial charge in [0.2, 0.25) is 0 Å². The van der Waals surface area contributed by atoms with Gasteiger partial charge in [-0.15, -0.1) is 10.2 Å². The molecule has 0 aromatic carbocycles. The number of hydrogen-bond acceptors (Lipinski definition) is 7. The number of nitrogens with zero attached hydrogens (tertiary/aromatic N) is 2. The molecule has 0 saturated heterocycles. The van der Waals surface area contributed by atoms with Crippen molar-refractivity contribution in [3.8, 4) is 0 Å². The van der Waals surface area contributed by atoms with Gasteiger partial charge >= 0.3 is 12.1 Å². The van der Waals surface area contributed by atoms with Gasteiger partial charge in [0.05, 0.1) is 13.7 Å². The molecule has 1 aromatic rings. The van der Waals surface area contributed by atoms with Gasteiger partial charge in [-0.2, -0.15) is 0 Å². The first kappa shape index (κ1) is 12.7. The number of nitrogens with one attached hydrogen (secondary N) is 1. The maximum Gasteiger partial charge on any atom is 0.404 e. The van der Waals surface area contributed by atoms with Crippen LogP contribution in [0.15, 0.2) is 12.1 Å². The second-order valence-electron chi connectivity index (χ2n) is 2.89. The Morgan fingerprint density at radius 2 is 2.18 bits per heavy atom. The Morgan fingerprint density at radius 1 is 1.41 bits per heavy atom. The summed E-state index contributed by atoms with van der Waals surface area (Å²) in [6.07, 6.45) is -0.834. The lowest BCUT2D eigenvalue weighted by atomic mass is 10.4. The minimum atomic E-state index is -0.834. The standard InChI is InChI=1S/C9H12N4O4/c1-16-8(14)6-2-3-7(13-12-6)11-4-5-17-9(10)15/h2-3H,4-5H2,1H3,(H2,10,15)(H,11,13). The summed E-state index contributed by atoms with van der Waals surface area (Å²) in [6, 6.07) is 3.03. The molecule has 8 nitrogen and oxygen atoms in total. The van der Waals surface area contributed by atoms with E-state index < -0.39 is 12.1 Å². The number of carbonyl (C=O) groups is 2. The maximum absolute atomic E-state index is 11.0. The van der Waals surface area contributed by atoms with Crippen LogP contribution in [0, 0.1) is 0 Å². The second kappa shape index (κ2) is 6.26. The summed E-state index contributed by atoms with van der Waals surface area (Å²) in [5.41, 5.74) is 4.89. The largest absolute Gasteiger partial charge is 0.464 e. The molecule has 8 heteroatoms. The van der Waals surface area contributed by atoms with Crippen molar-refractivity contribution < 1.29 is 19.1 Å². The Hall–Kier alpha value is -2.38. The van der Waals surface area contributed by atoms with Gasteiger partial charge < -0.3 is 20.5 Å². The summed E-state index contributed by atoms with van der Waals surface area (Å²) in [4.78, 5) is 21.3. The lowest BCUT2D eigenvalue weighted by Crippen LogP contribution is -2.18. The predicted octanol–water partition coefficient (Wildman–Crippen LogP) is -0.230. The number of nitrogens with two attached hydrogens (primary N) is 1. The van der Waals surface area contributed by atoms with Crippen molar-refractivity contribution >= 4 is 17.9 Å². The third-order valence-electron chi connectivity index (χ3n) is 1.71. The molecule has 0 unspecified atom stereocenters. The van der Waals surface area contributed by atoms with E-state index in [1.807, 2.05) is 0 Å². The van der Waals surface area contributed by atoms with Crippen LogP contribution in [0.5, 0.6) is 0 Å². The van der Waals surface area contributed by atoms with Crippen LogP contribution in [-0.2, 0) is 9.47 Å². The molecule has 0 fully saturated rings. The topological polar surface area (TPSA) is 116 Å². The molecule has 0 aliphatic heterocycles. The first-order valence-corrected chi connectivity index (χ1v) is 4.71. The van der Waals surface area contributed by atoms with Crippen LogP contribution in [0.1, 0.15) is 10.5 Å². The third kappa shape index (κ3) is 4.33. The van der Waals surface area contributed by atoms with Gasteiger partial charge in [0.15, 0.2) is 5.69 Å². The number of hydrogen-bond donors (Lipinski definition) is 2. The molecule has 3 N–H and O–H groups in total. The quantitative estimate of drug-likeness (QED) is 0.539. The van der Waals surface area contributed by atoms with Gasteiger partial charge in [-0.3, -0.25) is 0 Å². The van der Waals surface area contributed by atoms with Crippen molar-refractivity contribution in [3.63, 3.8) is 0 Å². The summed E-state index contributed by atoms with van der Waals surface area (Å²) in [7, 11) is 1.26. The highest BCUT2D eigenvalue weighted by atomic mass is 16.5. The van der Waals surface area contributed by atoms with E-state index in [4.69, 9.17) is 5.73 Å². The molecule has 0 radical (unpaired) electrons. The zero-order valence-electron chi connectivity index (χ0n) is 9.17. The number of rotatable bonds is 5. The van der Waals surface area contributed by atoms with Crippen molar-refractivity contribution in [2.75, 3.05) is 25.6 Å². The first-order chi connectivity index (χ1) is 8.13. The summed E-state index contributed by atoms with van der Waals surface area (Å²) in [6.45, 7) is 0.463. The number of esters is 1. The second-order valence-corrected chi connectivity index (χ2v) is 2.89. The molecule has 92 valence electrons. The number of aromatic nitrogens is 2. The number of ether oxygens (including phenoxy) is 2. The number of carbonyl (C=O) groups excluding carboxylic acids is 2. The van der Waals surface area contributed by atoms with Gasteiger partial charge in [-0.1, -0.05) is 0 Å². The highest BCUT2D eigenvalue weighted by Crippen LogP contribution is 2.02. The average Bonchev–Trinajstić information content (AvgIpc) is 2.34. The Morgan fingerprint density at radius 3 is 2.71 bits per heavy atom. The molecule has 0 spiro atoms. The van der Waals surface area contributed by atoms with E-state index in [9.17, 15) is 9.59 Å². The molecule has 1 heterocycles. The van der Waals surface area contributed by atoms with Crippen LogP contribution in [0.4, 0.5) is 10.6 Å². The number of amides is 1. The third-order valence-corrected chi connectivity index (χ3v) is 1.71. The van der Waals surface area contributed by atoms with Crippen LogP contribution in [-0.4, -0.2) is 42.5 Å². The Kier molecular flexibility index (Phi) is 4.67. The number of anilines is 1. The highest BCUT2D eigenvalue weighted by molar-refractivity contribution is 5.86. The smallest absolute Gasteiger partial charge is 0.404 e. The van der Waals surface area contributed by atoms with Gasteiger partial charge in [0, 0.05) is 0 Å². The molecule has 1 aromatic heterocycles. The molecule has 0 atom stereocenters. The SMILES string of the molecule is COC(=O)c1ccc(NCCOC(N)=O)nn1. The molecule has 1 rings (SSSR count). The molecular formula is C9H12N4O4. The minimum Gasteiger partial charge on any atom is -0.464 e. The summed E-state index contributed by atoms with van der Waals surface area (Å²) in [5.74, 6) is -0.105. The zero-order valence-corrected chi connectivity index (χ0v) is 9.17. The molecule has 0 saturated carbocycles. The maximum atomic E-state index is 11.0. The van der Waals surface area contributed by atoms with Gasteiger partial charge in [0.25, 0.3) is 0 Å². The fraction of sp³-hybridized carbons (Fsp3) is 0.333. The molecule has 0 aliphatic carbocycles. The molecule has 1 amide bonds. The summed E-state index contributed by atoms with van der Waals surface area (Å²) >= 11 is 0. The lowest BCUT2D eigenvalue weighted by molar-refractivity contribution is 0.0592. The van der Waals surface area contributed by atoms with Crippen molar-refractivity contribution in [1.29, 1.82) is 0 Å². The number of methoxy groups -OCH3 is 1. The Bertz CT molecular complexity index is 392. The van der Waals surface area contributed by atoms with Crippen molar-refractivity contribution in [1.82, 2.24) is 10.2 Å². The molecule has 0 bridgehead atoms. The van der Waals surface area contributed by atoms with E-state index >= 15 is 0 Å². The Labute approximate surface area is 97.1 Å². The summed E-state index contributed by atoms with van der Waals surface area (Å²) < 4.78 is 8.96. The fourth-order valence-electron chi connectivity index (χ4n) is 0.971. The summed E-state index contributed by atoms with van der Waals surface area (Å²) in [5, 5.41) is 10.2. The van der Waals surface area contributed by atoms with Gasteiger partial charge in [-0.05, 0) is 12.1 Å². The van der Waals surface area contributed by atoms with Crippen LogP contribution in [0.25, 0.3) is 0 Å². The number of primary amides is 1. The van der Waals surface area contributed by atoms with Crippen LogP contribution >= 0.6 is 0 Å². The normalized spacial score (nSPS) is 9.47. The van der Waals surface area contributed by atoms with E-state index in [-0.39, 0.29) is 12.3 Å². The zero-order chi connectivity index (χ0) is 12.7. The van der Waals surface area contributed by atoms with Gasteiger partial charge in [0.1, 0.15) is 12.4 Å². The molecular weight excluding hydrogens is 228 g/mol. The highest BCUT2D eigenvalue weighted by Gasteiger charge is 2.07. The monoisotopic (exact) mass is 240 g/mol. The minimum absolute atomic E-state index is 0.117. The first-order valence-electron chi connectivity index (χ1n) is 4.71. The van der Waals surface area contributed by atoms with E-state index in [0.717, 1.165) is 0 Å². The van der Waals surface area contributed by atoms with Crippen molar-refractivity contribution in [2.24, 2.45) is 5.73 Å². The van der Waals surface area contributed by atoms with E-state index in [0.29, 0.717) is 12.4 Å². The van der Waals surface area contributed by atoms with Gasteiger partial charge in [-0.25, -0.2) is 9.59 Å². The van der Waals surface area contributed by atoms with Crippen LogP contribution in [0.3, 0.4) is 0 Å². The fourth-order valence-corrected chi connectivity index (χ4v) is 0.971. The van der Waals surface area contributed by atoms with Crippen LogP contribution in [0.2, 0.25) is 0 Å². The van der Waals surface area contributed by atoms with E-state index in [1.54, 1.807) is 6.07 Å². The van der Waals surface area contributed by atoms with Crippen LogP contribution < -0.4 is 11.1 Å². The van der Waals surface area contributed by atoms with E-state index in [1.165, 1.54) is 13.2 Å². The molecule has 17 heavy (non-hydrogen) atoms. The molecule has 0 aliphatic rings. The lowest BCUT2D eigenvalue weighted by Gasteiger charge is -2.04. The average molecular weight is 240 g/mol. The predicted molar refractivity (Wildman–Crippen MR) is 57.4 cm³/mol. The van der Waals surface area contributed by atoms with E-state index in [2.05, 4.69) is 25.0 Å². The van der Waals surface area contributed by atoms with Crippen molar-refractivity contribution in [2.45, 2.75) is 0 Å².